The molecule has 8 heteroatoms. The molecule has 0 spiro atoms. The zero-order valence-electron chi connectivity index (χ0n) is 12.9. The number of oxazole rings is 1. The average Bonchev–Trinajstić information content (AvgIpc) is 3.29. The smallest absolute Gasteiger partial charge is 0.337 e. The highest BCUT2D eigenvalue weighted by molar-refractivity contribution is 6.28. The lowest BCUT2D eigenvalue weighted by Crippen LogP contribution is -1.99. The third kappa shape index (κ3) is 2.74. The average molecular weight is 356 g/mol. The highest BCUT2D eigenvalue weighted by atomic mass is 35.5. The first kappa shape index (κ1) is 15.3. The topological polar surface area (TPSA) is 91.2 Å². The lowest BCUT2D eigenvalue weighted by molar-refractivity contribution is 0.0601. The number of fused-ring (bicyclic) bond motifs is 1. The Morgan fingerprint density at radius 2 is 2.08 bits per heavy atom. The zero-order valence-corrected chi connectivity index (χ0v) is 13.6. The molecular formula is C17H10ClN3O4. The van der Waals surface area contributed by atoms with Crippen molar-refractivity contribution in [1.29, 1.82) is 0 Å². The molecule has 1 aromatic carbocycles. The summed E-state index contributed by atoms with van der Waals surface area (Å²) in [5, 5.41) is 0.884. The first-order valence-electron chi connectivity index (χ1n) is 7.19. The van der Waals surface area contributed by atoms with Crippen LogP contribution in [-0.4, -0.2) is 28.0 Å². The maximum atomic E-state index is 11.7. The molecule has 0 saturated heterocycles. The van der Waals surface area contributed by atoms with Crippen molar-refractivity contribution in [2.75, 3.05) is 7.11 Å². The molecule has 25 heavy (non-hydrogen) atoms. The largest absolute Gasteiger partial charge is 0.465 e. The summed E-state index contributed by atoms with van der Waals surface area (Å²) in [5.41, 5.74) is 1.98. The molecule has 0 aliphatic rings. The van der Waals surface area contributed by atoms with Crippen molar-refractivity contribution < 1.29 is 18.4 Å². The van der Waals surface area contributed by atoms with Crippen LogP contribution in [0.25, 0.3) is 33.7 Å². The Kier molecular flexibility index (Phi) is 3.70. The number of methoxy groups -OCH3 is 1. The van der Waals surface area contributed by atoms with E-state index in [1.165, 1.54) is 19.7 Å². The van der Waals surface area contributed by atoms with Gasteiger partial charge < -0.3 is 13.6 Å². The van der Waals surface area contributed by atoms with Gasteiger partial charge in [-0.2, -0.15) is 0 Å². The van der Waals surface area contributed by atoms with Gasteiger partial charge in [0.2, 0.25) is 5.28 Å². The number of esters is 1. The van der Waals surface area contributed by atoms with Crippen molar-refractivity contribution in [2.45, 2.75) is 0 Å². The zero-order chi connectivity index (χ0) is 17.4. The molecular weight excluding hydrogens is 346 g/mol. The molecule has 0 fully saturated rings. The molecule has 4 aromatic rings. The van der Waals surface area contributed by atoms with Crippen LogP contribution in [0.1, 0.15) is 10.4 Å². The number of furan rings is 1. The second-order valence-electron chi connectivity index (χ2n) is 5.12. The van der Waals surface area contributed by atoms with E-state index >= 15 is 0 Å². The van der Waals surface area contributed by atoms with Crippen LogP contribution in [0, 0.1) is 0 Å². The first-order chi connectivity index (χ1) is 12.2. The van der Waals surface area contributed by atoms with Crippen LogP contribution < -0.4 is 0 Å². The molecule has 3 heterocycles. The van der Waals surface area contributed by atoms with Crippen molar-refractivity contribution in [2.24, 2.45) is 0 Å². The predicted octanol–water partition coefficient (Wildman–Crippen LogP) is 3.98. The minimum Gasteiger partial charge on any atom is -0.465 e. The van der Waals surface area contributed by atoms with Gasteiger partial charge in [0, 0.05) is 11.6 Å². The fourth-order valence-electron chi connectivity index (χ4n) is 2.47. The molecule has 0 bridgehead atoms. The van der Waals surface area contributed by atoms with Crippen molar-refractivity contribution >= 4 is 28.5 Å². The highest BCUT2D eigenvalue weighted by Crippen LogP contribution is 2.34. The summed E-state index contributed by atoms with van der Waals surface area (Å²) in [4.78, 5) is 23.8. The monoisotopic (exact) mass is 355 g/mol. The summed E-state index contributed by atoms with van der Waals surface area (Å²) in [6.45, 7) is 0. The Bertz CT molecular complexity index is 1070. The summed E-state index contributed by atoms with van der Waals surface area (Å²) < 4.78 is 15.9. The Labute approximate surface area is 146 Å². The lowest BCUT2D eigenvalue weighted by atomic mass is 10.1. The molecule has 0 aliphatic carbocycles. The van der Waals surface area contributed by atoms with Gasteiger partial charge in [0.25, 0.3) is 0 Å². The van der Waals surface area contributed by atoms with Gasteiger partial charge in [0.1, 0.15) is 11.3 Å². The van der Waals surface area contributed by atoms with E-state index < -0.39 is 5.97 Å². The van der Waals surface area contributed by atoms with Crippen molar-refractivity contribution in [1.82, 2.24) is 15.0 Å². The molecule has 0 atom stereocenters. The number of carbonyl (C=O) groups excluding carboxylic acids is 1. The summed E-state index contributed by atoms with van der Waals surface area (Å²) in [7, 11) is 1.33. The van der Waals surface area contributed by atoms with Gasteiger partial charge >= 0.3 is 5.97 Å². The van der Waals surface area contributed by atoms with Gasteiger partial charge in [-0.1, -0.05) is 6.07 Å². The normalized spacial score (nSPS) is 11.0. The van der Waals surface area contributed by atoms with Crippen LogP contribution in [0.3, 0.4) is 0 Å². The van der Waals surface area contributed by atoms with Gasteiger partial charge in [-0.15, -0.1) is 0 Å². The third-order valence-corrected chi connectivity index (χ3v) is 3.81. The molecule has 0 unspecified atom stereocenters. The minimum absolute atomic E-state index is 0.0778. The number of benzene rings is 1. The number of hydrogen-bond acceptors (Lipinski definition) is 7. The fourth-order valence-corrected chi connectivity index (χ4v) is 2.60. The molecule has 0 amide bonds. The number of hydrogen-bond donors (Lipinski definition) is 0. The van der Waals surface area contributed by atoms with Crippen LogP contribution in [0.5, 0.6) is 0 Å². The van der Waals surface area contributed by atoms with Gasteiger partial charge in [-0.25, -0.2) is 19.7 Å². The molecule has 0 radical (unpaired) electrons. The maximum Gasteiger partial charge on any atom is 0.337 e. The van der Waals surface area contributed by atoms with E-state index in [0.717, 1.165) is 5.39 Å². The van der Waals surface area contributed by atoms with E-state index in [9.17, 15) is 4.79 Å². The van der Waals surface area contributed by atoms with Crippen LogP contribution in [-0.2, 0) is 4.74 Å². The summed E-state index contributed by atoms with van der Waals surface area (Å²) >= 11 is 5.94. The van der Waals surface area contributed by atoms with E-state index in [1.54, 1.807) is 30.5 Å². The van der Waals surface area contributed by atoms with E-state index in [-0.39, 0.29) is 5.28 Å². The quantitative estimate of drug-likeness (QED) is 0.405. The van der Waals surface area contributed by atoms with Crippen LogP contribution >= 0.6 is 11.6 Å². The van der Waals surface area contributed by atoms with Crippen molar-refractivity contribution in [3.05, 3.63) is 53.9 Å². The molecule has 4 rings (SSSR count). The second kappa shape index (κ2) is 6.03. The molecule has 0 saturated carbocycles. The number of nitrogens with zero attached hydrogens (tertiary/aromatic N) is 3. The number of halogens is 1. The molecule has 0 N–H and O–H groups in total. The Balaban J connectivity index is 1.87. The fraction of sp³-hybridized carbons (Fsp3) is 0.0588. The number of carbonyl (C=O) groups is 1. The minimum atomic E-state index is -0.438. The number of aromatic nitrogens is 3. The van der Waals surface area contributed by atoms with E-state index in [1.807, 2.05) is 0 Å². The number of ether oxygens (including phenoxy) is 1. The lowest BCUT2D eigenvalue weighted by Gasteiger charge is -2.03. The van der Waals surface area contributed by atoms with E-state index in [4.69, 9.17) is 25.2 Å². The van der Waals surface area contributed by atoms with Crippen molar-refractivity contribution in [3.8, 4) is 22.8 Å². The van der Waals surface area contributed by atoms with Crippen LogP contribution in [0.4, 0.5) is 0 Å². The summed E-state index contributed by atoms with van der Waals surface area (Å²) in [6, 6.07) is 6.85. The number of rotatable bonds is 3. The van der Waals surface area contributed by atoms with Gasteiger partial charge in [0.15, 0.2) is 17.9 Å². The Hall–Kier alpha value is -3.19. The van der Waals surface area contributed by atoms with Gasteiger partial charge in [-0.05, 0) is 29.8 Å². The van der Waals surface area contributed by atoms with E-state index in [0.29, 0.717) is 33.9 Å². The standard InChI is InChI=1S/C17H10ClN3O4/c1-23-16(22)10-3-2-9-4-13(25-12(9)5-10)15-11(6-20-17(18)21-15)14-7-19-8-24-14/h2-8H,1H3. The maximum absolute atomic E-state index is 11.7. The van der Waals surface area contributed by atoms with Crippen LogP contribution in [0.2, 0.25) is 5.28 Å². The third-order valence-electron chi connectivity index (χ3n) is 3.63. The molecule has 0 aliphatic heterocycles. The molecule has 124 valence electrons. The molecule has 7 nitrogen and oxygen atoms in total. The highest BCUT2D eigenvalue weighted by Gasteiger charge is 2.18. The Morgan fingerprint density at radius 3 is 2.84 bits per heavy atom. The predicted molar refractivity (Wildman–Crippen MR) is 89.1 cm³/mol. The molecule has 3 aromatic heterocycles. The summed E-state index contributed by atoms with van der Waals surface area (Å²) in [5.74, 6) is 0.516. The van der Waals surface area contributed by atoms with Crippen LogP contribution in [0.15, 0.2) is 51.9 Å². The second-order valence-corrected chi connectivity index (χ2v) is 5.46. The van der Waals surface area contributed by atoms with Crippen molar-refractivity contribution in [3.63, 3.8) is 0 Å². The Morgan fingerprint density at radius 1 is 1.20 bits per heavy atom. The van der Waals surface area contributed by atoms with Gasteiger partial charge in [0.05, 0.1) is 24.4 Å². The SMILES string of the molecule is COC(=O)c1ccc2cc(-c3nc(Cl)ncc3-c3cnco3)oc2c1. The first-order valence-corrected chi connectivity index (χ1v) is 7.57. The van der Waals surface area contributed by atoms with E-state index in [2.05, 4.69) is 15.0 Å². The summed E-state index contributed by atoms with van der Waals surface area (Å²) in [6.07, 6.45) is 4.40. The van der Waals surface area contributed by atoms with Gasteiger partial charge in [-0.3, -0.25) is 0 Å².